The molecule has 2 aromatic carbocycles. The zero-order valence-corrected chi connectivity index (χ0v) is 19.5. The quantitative estimate of drug-likeness (QED) is 0.324. The minimum atomic E-state index is -0.522. The number of nitro groups is 1. The van der Waals surface area contributed by atoms with Crippen molar-refractivity contribution in [2.75, 3.05) is 50.6 Å². The number of aromatic nitrogens is 2. The van der Waals surface area contributed by atoms with Crippen molar-refractivity contribution in [3.8, 4) is 11.5 Å². The molecule has 4 rings (SSSR count). The number of halogens is 1. The van der Waals surface area contributed by atoms with Crippen LogP contribution in [0.1, 0.15) is 0 Å². The number of piperazine rings is 1. The Morgan fingerprint density at radius 3 is 2.48 bits per heavy atom. The van der Waals surface area contributed by atoms with E-state index in [1.54, 1.807) is 20.3 Å². The minimum Gasteiger partial charge on any atom is -0.493 e. The summed E-state index contributed by atoms with van der Waals surface area (Å²) in [6.07, 6.45) is 1.54. The molecule has 1 aliphatic heterocycles. The molecule has 1 aromatic heterocycles. The smallest absolute Gasteiger partial charge is 0.289 e. The molecule has 2 heterocycles. The number of hydrogen-bond donors (Lipinski definition) is 1. The van der Waals surface area contributed by atoms with Crippen molar-refractivity contribution in [2.24, 2.45) is 0 Å². The molecule has 12 heteroatoms. The number of nitrogens with zero attached hydrogens (tertiary/aromatic N) is 5. The van der Waals surface area contributed by atoms with Gasteiger partial charge in [0.2, 0.25) is 0 Å². The van der Waals surface area contributed by atoms with Crippen LogP contribution in [0, 0.1) is 10.1 Å². The zero-order valence-electron chi connectivity index (χ0n) is 17.9. The van der Waals surface area contributed by atoms with Crippen LogP contribution in [0.2, 0.25) is 5.02 Å². The van der Waals surface area contributed by atoms with E-state index in [0.717, 1.165) is 16.7 Å². The first kappa shape index (κ1) is 22.7. The number of nitrogens with one attached hydrogen (secondary N) is 1. The van der Waals surface area contributed by atoms with E-state index in [2.05, 4.69) is 20.2 Å². The fourth-order valence-electron chi connectivity index (χ4n) is 3.68. The van der Waals surface area contributed by atoms with Crippen LogP contribution in [0.25, 0.3) is 10.9 Å². The lowest BCUT2D eigenvalue weighted by atomic mass is 10.2. The molecule has 33 heavy (non-hydrogen) atoms. The summed E-state index contributed by atoms with van der Waals surface area (Å²) in [5, 5.41) is 15.6. The zero-order chi connectivity index (χ0) is 23.5. The van der Waals surface area contributed by atoms with Gasteiger partial charge >= 0.3 is 0 Å². The number of rotatable bonds is 5. The third-order valence-corrected chi connectivity index (χ3v) is 6.06. The summed E-state index contributed by atoms with van der Waals surface area (Å²) < 4.78 is 10.8. The van der Waals surface area contributed by atoms with Crippen molar-refractivity contribution in [3.63, 3.8) is 0 Å². The lowest BCUT2D eigenvalue weighted by molar-refractivity contribution is -0.384. The van der Waals surface area contributed by atoms with Gasteiger partial charge in [-0.3, -0.25) is 10.1 Å². The van der Waals surface area contributed by atoms with Crippen LogP contribution in [0.15, 0.2) is 36.7 Å². The van der Waals surface area contributed by atoms with Crippen LogP contribution in [0.4, 0.5) is 17.2 Å². The Labute approximate surface area is 200 Å². The van der Waals surface area contributed by atoms with Crippen molar-refractivity contribution in [3.05, 3.63) is 51.8 Å². The third kappa shape index (κ3) is 4.69. The van der Waals surface area contributed by atoms with Crippen molar-refractivity contribution in [1.82, 2.24) is 14.9 Å². The maximum atomic E-state index is 11.1. The summed E-state index contributed by atoms with van der Waals surface area (Å²) in [5.41, 5.74) is 1.11. The van der Waals surface area contributed by atoms with E-state index in [0.29, 0.717) is 48.5 Å². The van der Waals surface area contributed by atoms with Crippen LogP contribution in [0.3, 0.4) is 0 Å². The Balaban J connectivity index is 1.47. The van der Waals surface area contributed by atoms with Crippen LogP contribution < -0.4 is 19.7 Å². The molecule has 0 saturated carbocycles. The maximum absolute atomic E-state index is 11.1. The molecule has 1 aliphatic rings. The molecule has 0 unspecified atom stereocenters. The van der Waals surface area contributed by atoms with Gasteiger partial charge in [-0.15, -0.1) is 0 Å². The van der Waals surface area contributed by atoms with Crippen molar-refractivity contribution < 1.29 is 14.4 Å². The van der Waals surface area contributed by atoms with Crippen LogP contribution >= 0.6 is 23.8 Å². The molecule has 0 aliphatic carbocycles. The molecule has 0 radical (unpaired) electrons. The molecular formula is C21H21ClN6O4S. The van der Waals surface area contributed by atoms with Gasteiger partial charge in [0.15, 0.2) is 16.6 Å². The highest BCUT2D eigenvalue weighted by Gasteiger charge is 2.23. The first-order valence-electron chi connectivity index (χ1n) is 10.0. The highest BCUT2D eigenvalue weighted by Crippen LogP contribution is 2.35. The Bertz CT molecular complexity index is 1220. The summed E-state index contributed by atoms with van der Waals surface area (Å²) >= 11 is 11.4. The Morgan fingerprint density at radius 2 is 1.82 bits per heavy atom. The third-order valence-electron chi connectivity index (χ3n) is 5.38. The van der Waals surface area contributed by atoms with Gasteiger partial charge in [-0.25, -0.2) is 9.97 Å². The van der Waals surface area contributed by atoms with E-state index in [4.69, 9.17) is 33.3 Å². The number of ether oxygens (including phenoxy) is 2. The Hall–Kier alpha value is -3.44. The normalized spacial score (nSPS) is 13.7. The number of nitro benzene ring substituents is 1. The highest BCUT2D eigenvalue weighted by atomic mass is 35.5. The SMILES string of the molecule is COc1cc2ncnc(N3CCN(C(=S)Nc4ccc(Cl)c([N+](=O)[O-])c4)CC3)c2cc1OC. The van der Waals surface area contributed by atoms with Gasteiger partial charge in [-0.05, 0) is 30.4 Å². The van der Waals surface area contributed by atoms with Gasteiger partial charge < -0.3 is 24.6 Å². The van der Waals surface area contributed by atoms with Crippen molar-refractivity contribution in [2.45, 2.75) is 0 Å². The molecule has 3 aromatic rings. The first-order chi connectivity index (χ1) is 15.9. The largest absolute Gasteiger partial charge is 0.493 e. The molecular weight excluding hydrogens is 468 g/mol. The fourth-order valence-corrected chi connectivity index (χ4v) is 4.16. The monoisotopic (exact) mass is 488 g/mol. The second kappa shape index (κ2) is 9.59. The number of hydrogen-bond acceptors (Lipinski definition) is 8. The predicted octanol–water partition coefficient (Wildman–Crippen LogP) is 3.73. The summed E-state index contributed by atoms with van der Waals surface area (Å²) in [6.45, 7) is 2.67. The number of anilines is 2. The molecule has 10 nitrogen and oxygen atoms in total. The number of thiocarbonyl (C=S) groups is 1. The lowest BCUT2D eigenvalue weighted by Gasteiger charge is -2.37. The van der Waals surface area contributed by atoms with Gasteiger partial charge in [-0.2, -0.15) is 0 Å². The average Bonchev–Trinajstić information content (AvgIpc) is 2.83. The average molecular weight is 489 g/mol. The van der Waals surface area contributed by atoms with Crippen LogP contribution in [0.5, 0.6) is 11.5 Å². The molecule has 0 spiro atoms. The van der Waals surface area contributed by atoms with E-state index in [1.807, 2.05) is 17.0 Å². The summed E-state index contributed by atoms with van der Waals surface area (Å²) in [4.78, 5) is 23.7. The van der Waals surface area contributed by atoms with Gasteiger partial charge in [-0.1, -0.05) is 11.6 Å². The van der Waals surface area contributed by atoms with E-state index < -0.39 is 4.92 Å². The second-order valence-electron chi connectivity index (χ2n) is 7.25. The molecule has 1 fully saturated rings. The van der Waals surface area contributed by atoms with E-state index in [9.17, 15) is 10.1 Å². The molecule has 0 amide bonds. The van der Waals surface area contributed by atoms with Gasteiger partial charge in [0.05, 0.1) is 24.7 Å². The second-order valence-corrected chi connectivity index (χ2v) is 8.04. The molecule has 1 N–H and O–H groups in total. The van der Waals surface area contributed by atoms with E-state index >= 15 is 0 Å². The summed E-state index contributed by atoms with van der Waals surface area (Å²) in [5.74, 6) is 2.04. The molecule has 1 saturated heterocycles. The molecule has 0 bridgehead atoms. The Kier molecular flexibility index (Phi) is 6.61. The number of benzene rings is 2. The minimum absolute atomic E-state index is 0.0800. The highest BCUT2D eigenvalue weighted by molar-refractivity contribution is 7.80. The topological polar surface area (TPSA) is 106 Å². The first-order valence-corrected chi connectivity index (χ1v) is 10.8. The lowest BCUT2D eigenvalue weighted by Crippen LogP contribution is -2.50. The number of methoxy groups -OCH3 is 2. The summed E-state index contributed by atoms with van der Waals surface area (Å²) in [6, 6.07) is 8.23. The van der Waals surface area contributed by atoms with Crippen LogP contribution in [-0.2, 0) is 0 Å². The summed E-state index contributed by atoms with van der Waals surface area (Å²) in [7, 11) is 3.18. The maximum Gasteiger partial charge on any atom is 0.289 e. The van der Waals surface area contributed by atoms with Crippen molar-refractivity contribution >= 4 is 57.0 Å². The van der Waals surface area contributed by atoms with Gasteiger partial charge in [0.25, 0.3) is 5.69 Å². The van der Waals surface area contributed by atoms with E-state index in [-0.39, 0.29) is 10.7 Å². The van der Waals surface area contributed by atoms with Crippen molar-refractivity contribution in [1.29, 1.82) is 0 Å². The fraction of sp³-hybridized carbons (Fsp3) is 0.286. The standard InChI is InChI=1S/C21H21ClN6O4S/c1-31-18-10-14-16(11-19(18)32-2)23-12-24-20(14)26-5-7-27(8-6-26)21(33)25-13-3-4-15(22)17(9-13)28(29)30/h3-4,9-12H,5-8H2,1-2H3,(H,25,33). The Morgan fingerprint density at radius 1 is 1.12 bits per heavy atom. The molecule has 172 valence electrons. The molecule has 0 atom stereocenters. The van der Waals surface area contributed by atoms with E-state index in [1.165, 1.54) is 18.5 Å². The van der Waals surface area contributed by atoms with Gasteiger partial charge in [0, 0.05) is 49.4 Å². The van der Waals surface area contributed by atoms with Gasteiger partial charge in [0.1, 0.15) is 17.2 Å². The number of fused-ring (bicyclic) bond motifs is 1. The van der Waals surface area contributed by atoms with Crippen LogP contribution in [-0.4, -0.2) is 65.3 Å². The predicted molar refractivity (Wildman–Crippen MR) is 131 cm³/mol.